The third-order valence-electron chi connectivity index (χ3n) is 3.03. The summed E-state index contributed by atoms with van der Waals surface area (Å²) in [5.41, 5.74) is 7.61. The summed E-state index contributed by atoms with van der Waals surface area (Å²) in [5.74, 6) is 0. The van der Waals surface area contributed by atoms with E-state index < -0.39 is 17.8 Å². The molecule has 0 saturated carbocycles. The van der Waals surface area contributed by atoms with Gasteiger partial charge < -0.3 is 5.73 Å². The third-order valence-corrected chi connectivity index (χ3v) is 3.03. The van der Waals surface area contributed by atoms with Gasteiger partial charge in [-0.2, -0.15) is 13.2 Å². The van der Waals surface area contributed by atoms with Crippen molar-refractivity contribution in [2.75, 3.05) is 0 Å². The van der Waals surface area contributed by atoms with Crippen LogP contribution in [0, 0.1) is 6.92 Å². The topological polar surface area (TPSA) is 38.9 Å². The van der Waals surface area contributed by atoms with Crippen LogP contribution in [0.1, 0.15) is 28.4 Å². The maximum atomic E-state index is 12.6. The van der Waals surface area contributed by atoms with Gasteiger partial charge in [0.25, 0.3) is 0 Å². The van der Waals surface area contributed by atoms with Crippen molar-refractivity contribution in [1.29, 1.82) is 0 Å². The molecule has 0 aliphatic carbocycles. The molecule has 0 saturated heterocycles. The number of nitrogens with zero attached hydrogens (tertiary/aromatic N) is 1. The zero-order chi connectivity index (χ0) is 14.8. The maximum absolute atomic E-state index is 12.6. The smallest absolute Gasteiger partial charge is 0.322 e. The number of rotatable bonds is 3. The van der Waals surface area contributed by atoms with E-state index in [0.717, 1.165) is 17.7 Å². The summed E-state index contributed by atoms with van der Waals surface area (Å²) < 4.78 is 37.9. The first kappa shape index (κ1) is 14.5. The Morgan fingerprint density at radius 2 is 1.95 bits per heavy atom. The molecule has 106 valence electrons. The van der Waals surface area contributed by atoms with Gasteiger partial charge in [0.2, 0.25) is 0 Å². The number of aryl methyl sites for hydroxylation is 1. The van der Waals surface area contributed by atoms with E-state index in [1.807, 2.05) is 19.1 Å². The molecule has 1 unspecified atom stereocenters. The van der Waals surface area contributed by atoms with Crippen molar-refractivity contribution in [2.45, 2.75) is 25.6 Å². The number of nitrogens with two attached hydrogens (primary N) is 1. The Kier molecular flexibility index (Phi) is 4.09. The van der Waals surface area contributed by atoms with Crippen LogP contribution in [0.15, 0.2) is 42.6 Å². The highest BCUT2D eigenvalue weighted by Gasteiger charge is 2.30. The zero-order valence-electron chi connectivity index (χ0n) is 11.0. The van der Waals surface area contributed by atoms with Crippen molar-refractivity contribution in [1.82, 2.24) is 4.98 Å². The Hall–Kier alpha value is -1.88. The summed E-state index contributed by atoms with van der Waals surface area (Å²) in [6.07, 6.45) is -2.36. The van der Waals surface area contributed by atoms with Gasteiger partial charge in [-0.15, -0.1) is 0 Å². The Bertz CT molecular complexity index is 594. The molecule has 2 nitrogen and oxygen atoms in total. The number of aromatic nitrogens is 1. The minimum absolute atomic E-state index is 0.320. The van der Waals surface area contributed by atoms with E-state index in [9.17, 15) is 13.2 Å². The van der Waals surface area contributed by atoms with Gasteiger partial charge in [0.1, 0.15) is 0 Å². The summed E-state index contributed by atoms with van der Waals surface area (Å²) >= 11 is 0. The number of hydrogen-bond acceptors (Lipinski definition) is 2. The normalized spacial score (nSPS) is 13.2. The lowest BCUT2D eigenvalue weighted by Crippen LogP contribution is -2.15. The molecule has 1 aromatic heterocycles. The highest BCUT2D eigenvalue weighted by atomic mass is 19.4. The van der Waals surface area contributed by atoms with E-state index in [4.69, 9.17) is 5.73 Å². The van der Waals surface area contributed by atoms with Gasteiger partial charge in [-0.25, -0.2) is 0 Å². The van der Waals surface area contributed by atoms with Gasteiger partial charge >= 0.3 is 6.18 Å². The van der Waals surface area contributed by atoms with E-state index in [2.05, 4.69) is 4.98 Å². The third kappa shape index (κ3) is 3.57. The van der Waals surface area contributed by atoms with Crippen molar-refractivity contribution in [3.8, 4) is 0 Å². The first-order valence-corrected chi connectivity index (χ1v) is 6.20. The number of alkyl halides is 3. The lowest BCUT2D eigenvalue weighted by Gasteiger charge is -2.13. The second-order valence-corrected chi connectivity index (χ2v) is 4.77. The second kappa shape index (κ2) is 5.63. The predicted octanol–water partition coefficient (Wildman–Crippen LogP) is 3.65. The Labute approximate surface area is 115 Å². The van der Waals surface area contributed by atoms with Gasteiger partial charge in [-0.05, 0) is 42.7 Å². The van der Waals surface area contributed by atoms with E-state index in [1.165, 1.54) is 6.07 Å². The predicted molar refractivity (Wildman–Crippen MR) is 71.1 cm³/mol. The molecule has 0 aliphatic rings. The number of halogens is 3. The molecule has 1 aromatic carbocycles. The maximum Gasteiger partial charge on any atom is 0.416 e. The summed E-state index contributed by atoms with van der Waals surface area (Å²) in [5, 5.41) is 0. The molecular weight excluding hydrogens is 265 g/mol. The lowest BCUT2D eigenvalue weighted by molar-refractivity contribution is -0.137. The largest absolute Gasteiger partial charge is 0.416 e. The molecule has 0 aliphatic heterocycles. The molecule has 5 heteroatoms. The van der Waals surface area contributed by atoms with Crippen LogP contribution in [-0.4, -0.2) is 4.98 Å². The van der Waals surface area contributed by atoms with Crippen molar-refractivity contribution < 1.29 is 13.2 Å². The first-order valence-electron chi connectivity index (χ1n) is 6.20. The standard InChI is InChI=1S/C15H15F3N2/c1-10-5-6-20-14(7-10)13(19)9-11-3-2-4-12(8-11)15(16,17)18/h2-8,13H,9,19H2,1H3. The summed E-state index contributed by atoms with van der Waals surface area (Å²) in [6.45, 7) is 1.92. The van der Waals surface area contributed by atoms with Crippen LogP contribution >= 0.6 is 0 Å². The molecule has 0 amide bonds. The Morgan fingerprint density at radius 1 is 1.20 bits per heavy atom. The fourth-order valence-electron chi connectivity index (χ4n) is 2.00. The van der Waals surface area contributed by atoms with Crippen molar-refractivity contribution in [3.63, 3.8) is 0 Å². The molecule has 2 N–H and O–H groups in total. The molecule has 1 atom stereocenters. The molecule has 0 spiro atoms. The lowest BCUT2D eigenvalue weighted by atomic mass is 10.0. The van der Waals surface area contributed by atoms with Crippen LogP contribution in [0.5, 0.6) is 0 Å². The summed E-state index contributed by atoms with van der Waals surface area (Å²) in [7, 11) is 0. The van der Waals surface area contributed by atoms with E-state index in [-0.39, 0.29) is 0 Å². The minimum Gasteiger partial charge on any atom is -0.322 e. The molecule has 2 aromatic rings. The zero-order valence-corrected chi connectivity index (χ0v) is 11.0. The minimum atomic E-state index is -4.33. The van der Waals surface area contributed by atoms with Gasteiger partial charge in [-0.1, -0.05) is 18.2 Å². The number of pyridine rings is 1. The summed E-state index contributed by atoms with van der Waals surface area (Å²) in [6, 6.07) is 8.51. The number of benzene rings is 1. The van der Waals surface area contributed by atoms with Gasteiger partial charge in [0.15, 0.2) is 0 Å². The van der Waals surface area contributed by atoms with Gasteiger partial charge in [0.05, 0.1) is 17.3 Å². The van der Waals surface area contributed by atoms with E-state index >= 15 is 0 Å². The second-order valence-electron chi connectivity index (χ2n) is 4.77. The Morgan fingerprint density at radius 3 is 2.60 bits per heavy atom. The van der Waals surface area contributed by atoms with Gasteiger partial charge in [-0.3, -0.25) is 4.98 Å². The van der Waals surface area contributed by atoms with Crippen molar-refractivity contribution in [3.05, 3.63) is 65.0 Å². The highest BCUT2D eigenvalue weighted by Crippen LogP contribution is 2.30. The molecule has 0 fully saturated rings. The SMILES string of the molecule is Cc1ccnc(C(N)Cc2cccc(C(F)(F)F)c2)c1. The van der Waals surface area contributed by atoms with Crippen LogP contribution in [0.3, 0.4) is 0 Å². The molecule has 2 rings (SSSR count). The monoisotopic (exact) mass is 280 g/mol. The molecule has 0 bridgehead atoms. The fourth-order valence-corrected chi connectivity index (χ4v) is 2.00. The summed E-state index contributed by atoms with van der Waals surface area (Å²) in [4.78, 5) is 4.16. The molecular formula is C15H15F3N2. The molecule has 0 radical (unpaired) electrons. The van der Waals surface area contributed by atoms with Crippen LogP contribution in [0.25, 0.3) is 0 Å². The van der Waals surface area contributed by atoms with Crippen molar-refractivity contribution in [2.24, 2.45) is 5.73 Å². The average molecular weight is 280 g/mol. The molecule has 20 heavy (non-hydrogen) atoms. The van der Waals surface area contributed by atoms with Crippen molar-refractivity contribution >= 4 is 0 Å². The fraction of sp³-hybridized carbons (Fsp3) is 0.267. The quantitative estimate of drug-likeness (QED) is 0.932. The number of hydrogen-bond donors (Lipinski definition) is 1. The van der Waals surface area contributed by atoms with E-state index in [0.29, 0.717) is 17.7 Å². The first-order chi connectivity index (χ1) is 9.36. The van der Waals surface area contributed by atoms with E-state index in [1.54, 1.807) is 12.3 Å². The average Bonchev–Trinajstić information content (AvgIpc) is 2.38. The Balaban J connectivity index is 2.18. The van der Waals surface area contributed by atoms with Gasteiger partial charge in [0, 0.05) is 6.20 Å². The van der Waals surface area contributed by atoms with Crippen LogP contribution in [-0.2, 0) is 12.6 Å². The van der Waals surface area contributed by atoms with Crippen LogP contribution < -0.4 is 5.73 Å². The molecule has 1 heterocycles. The van der Waals surface area contributed by atoms with Crippen LogP contribution in [0.2, 0.25) is 0 Å². The highest BCUT2D eigenvalue weighted by molar-refractivity contribution is 5.27. The van der Waals surface area contributed by atoms with Crippen LogP contribution in [0.4, 0.5) is 13.2 Å².